The molecule has 0 radical (unpaired) electrons. The lowest BCUT2D eigenvalue weighted by Gasteiger charge is -2.13. The minimum Gasteiger partial charge on any atom is -0.492 e. The van der Waals surface area contributed by atoms with Crippen molar-refractivity contribution in [3.63, 3.8) is 0 Å². The van der Waals surface area contributed by atoms with E-state index in [1.54, 1.807) is 6.07 Å². The quantitative estimate of drug-likeness (QED) is 0.663. The first-order valence-electron chi connectivity index (χ1n) is 5.95. The standard InChI is InChI=1S/C13H12N2O6S/c1-20-13-11(7-4-8-12(13)22(14,18)19)21-10-6-3-2-5-9(10)15(16)17/h2-8H,1H3,(H2,14,18,19). The van der Waals surface area contributed by atoms with Crippen LogP contribution in [-0.2, 0) is 10.0 Å². The number of para-hydroxylation sites is 3. The Bertz CT molecular complexity index is 819. The molecule has 2 N–H and O–H groups in total. The molecule has 0 atom stereocenters. The van der Waals surface area contributed by atoms with Gasteiger partial charge in [0.05, 0.1) is 12.0 Å². The number of hydrogen-bond acceptors (Lipinski definition) is 6. The van der Waals surface area contributed by atoms with Crippen LogP contribution in [0.4, 0.5) is 5.69 Å². The van der Waals surface area contributed by atoms with Crippen LogP contribution in [0, 0.1) is 10.1 Å². The minimum absolute atomic E-state index is 0.00308. The Labute approximate surface area is 126 Å². The van der Waals surface area contributed by atoms with E-state index >= 15 is 0 Å². The monoisotopic (exact) mass is 324 g/mol. The third-order valence-electron chi connectivity index (χ3n) is 2.74. The molecule has 8 nitrogen and oxygen atoms in total. The number of sulfonamides is 1. The Balaban J connectivity index is 2.54. The lowest BCUT2D eigenvalue weighted by molar-refractivity contribution is -0.385. The van der Waals surface area contributed by atoms with E-state index in [2.05, 4.69) is 0 Å². The van der Waals surface area contributed by atoms with Gasteiger partial charge in [-0.3, -0.25) is 10.1 Å². The van der Waals surface area contributed by atoms with Gasteiger partial charge in [-0.15, -0.1) is 0 Å². The Morgan fingerprint density at radius 2 is 1.73 bits per heavy atom. The first-order chi connectivity index (χ1) is 10.3. The average Bonchev–Trinajstić information content (AvgIpc) is 2.46. The van der Waals surface area contributed by atoms with E-state index in [9.17, 15) is 18.5 Å². The van der Waals surface area contributed by atoms with Crippen molar-refractivity contribution in [1.82, 2.24) is 0 Å². The molecule has 9 heteroatoms. The van der Waals surface area contributed by atoms with Crippen LogP contribution in [-0.4, -0.2) is 20.5 Å². The predicted molar refractivity (Wildman–Crippen MR) is 77.5 cm³/mol. The Kier molecular flexibility index (Phi) is 4.29. The van der Waals surface area contributed by atoms with Gasteiger partial charge in [0.1, 0.15) is 4.90 Å². The zero-order valence-corrected chi connectivity index (χ0v) is 12.2. The van der Waals surface area contributed by atoms with Gasteiger partial charge in [-0.05, 0) is 18.2 Å². The van der Waals surface area contributed by atoms with Gasteiger partial charge in [-0.1, -0.05) is 18.2 Å². The van der Waals surface area contributed by atoms with Crippen molar-refractivity contribution in [1.29, 1.82) is 0 Å². The van der Waals surface area contributed by atoms with Gasteiger partial charge in [-0.2, -0.15) is 0 Å². The van der Waals surface area contributed by atoms with Gasteiger partial charge in [0, 0.05) is 6.07 Å². The maximum absolute atomic E-state index is 11.5. The smallest absolute Gasteiger partial charge is 0.311 e. The van der Waals surface area contributed by atoms with Crippen LogP contribution in [0.5, 0.6) is 17.2 Å². The normalized spacial score (nSPS) is 11.0. The fraction of sp³-hybridized carbons (Fsp3) is 0.0769. The number of methoxy groups -OCH3 is 1. The van der Waals surface area contributed by atoms with Crippen molar-refractivity contribution < 1.29 is 22.8 Å². The number of hydrogen-bond donors (Lipinski definition) is 1. The van der Waals surface area contributed by atoms with E-state index < -0.39 is 14.9 Å². The van der Waals surface area contributed by atoms with Crippen LogP contribution < -0.4 is 14.6 Å². The summed E-state index contributed by atoms with van der Waals surface area (Å²) in [5.41, 5.74) is -0.259. The number of nitrogens with zero attached hydrogens (tertiary/aromatic N) is 1. The maximum Gasteiger partial charge on any atom is 0.311 e. The zero-order chi connectivity index (χ0) is 16.3. The number of rotatable bonds is 5. The van der Waals surface area contributed by atoms with Crippen molar-refractivity contribution in [2.75, 3.05) is 7.11 Å². The van der Waals surface area contributed by atoms with E-state index in [4.69, 9.17) is 14.6 Å². The zero-order valence-electron chi connectivity index (χ0n) is 11.4. The van der Waals surface area contributed by atoms with Crippen LogP contribution >= 0.6 is 0 Å². The first-order valence-corrected chi connectivity index (χ1v) is 7.50. The molecule has 0 aliphatic rings. The third-order valence-corrected chi connectivity index (χ3v) is 3.67. The number of ether oxygens (including phenoxy) is 2. The predicted octanol–water partition coefficient (Wildman–Crippen LogP) is 2.04. The van der Waals surface area contributed by atoms with Crippen LogP contribution in [0.25, 0.3) is 0 Å². The molecule has 0 saturated heterocycles. The molecule has 2 aromatic rings. The molecule has 0 aliphatic carbocycles. The second-order valence-electron chi connectivity index (χ2n) is 4.16. The summed E-state index contributed by atoms with van der Waals surface area (Å²) in [6.45, 7) is 0. The van der Waals surface area contributed by atoms with Crippen LogP contribution in [0.1, 0.15) is 0 Å². The van der Waals surface area contributed by atoms with Crippen molar-refractivity contribution in [3.05, 3.63) is 52.6 Å². The van der Waals surface area contributed by atoms with Gasteiger partial charge in [-0.25, -0.2) is 13.6 Å². The van der Waals surface area contributed by atoms with Crippen molar-refractivity contribution in [3.8, 4) is 17.2 Å². The van der Waals surface area contributed by atoms with Crippen LogP contribution in [0.2, 0.25) is 0 Å². The minimum atomic E-state index is -4.03. The molecule has 0 aliphatic heterocycles. The number of primary sulfonamides is 1. The van der Waals surface area contributed by atoms with E-state index in [0.717, 1.165) is 0 Å². The largest absolute Gasteiger partial charge is 0.492 e. The highest BCUT2D eigenvalue weighted by Gasteiger charge is 2.21. The summed E-state index contributed by atoms with van der Waals surface area (Å²) >= 11 is 0. The Hall–Kier alpha value is -2.65. The van der Waals surface area contributed by atoms with E-state index in [-0.39, 0.29) is 27.8 Å². The van der Waals surface area contributed by atoms with E-state index in [1.807, 2.05) is 0 Å². The van der Waals surface area contributed by atoms with Gasteiger partial charge in [0.15, 0.2) is 11.5 Å². The van der Waals surface area contributed by atoms with E-state index in [1.165, 1.54) is 43.5 Å². The van der Waals surface area contributed by atoms with Crippen LogP contribution in [0.15, 0.2) is 47.4 Å². The Morgan fingerprint density at radius 3 is 2.32 bits per heavy atom. The molecular formula is C13H12N2O6S. The molecular weight excluding hydrogens is 312 g/mol. The highest BCUT2D eigenvalue weighted by atomic mass is 32.2. The molecule has 0 heterocycles. The molecule has 2 rings (SSSR count). The molecule has 0 fully saturated rings. The fourth-order valence-corrected chi connectivity index (χ4v) is 2.52. The molecule has 2 aromatic carbocycles. The highest BCUT2D eigenvalue weighted by molar-refractivity contribution is 7.89. The summed E-state index contributed by atoms with van der Waals surface area (Å²) in [4.78, 5) is 10.1. The fourth-order valence-electron chi connectivity index (χ4n) is 1.81. The van der Waals surface area contributed by atoms with Gasteiger partial charge in [0.2, 0.25) is 15.8 Å². The molecule has 0 amide bonds. The topological polar surface area (TPSA) is 122 Å². The lowest BCUT2D eigenvalue weighted by Crippen LogP contribution is -2.13. The van der Waals surface area contributed by atoms with E-state index in [0.29, 0.717) is 0 Å². The summed E-state index contributed by atoms with van der Waals surface area (Å²) in [7, 11) is -2.78. The Morgan fingerprint density at radius 1 is 1.09 bits per heavy atom. The summed E-state index contributed by atoms with van der Waals surface area (Å²) < 4.78 is 33.5. The molecule has 0 unspecified atom stereocenters. The molecule has 0 bridgehead atoms. The summed E-state index contributed by atoms with van der Waals surface area (Å²) in [5.74, 6) is -0.163. The van der Waals surface area contributed by atoms with Crippen molar-refractivity contribution >= 4 is 15.7 Å². The number of nitro groups is 1. The first kappa shape index (κ1) is 15.7. The van der Waals surface area contributed by atoms with Gasteiger partial charge < -0.3 is 9.47 Å². The second kappa shape index (κ2) is 6.00. The summed E-state index contributed by atoms with van der Waals surface area (Å²) in [6, 6.07) is 9.77. The summed E-state index contributed by atoms with van der Waals surface area (Å²) in [5, 5.41) is 16.1. The summed E-state index contributed by atoms with van der Waals surface area (Å²) in [6.07, 6.45) is 0. The van der Waals surface area contributed by atoms with Crippen molar-refractivity contribution in [2.24, 2.45) is 5.14 Å². The molecule has 22 heavy (non-hydrogen) atoms. The molecule has 0 aromatic heterocycles. The van der Waals surface area contributed by atoms with Crippen LogP contribution in [0.3, 0.4) is 0 Å². The second-order valence-corrected chi connectivity index (χ2v) is 5.69. The number of benzene rings is 2. The third kappa shape index (κ3) is 3.15. The van der Waals surface area contributed by atoms with Gasteiger partial charge in [0.25, 0.3) is 0 Å². The number of nitro benzene ring substituents is 1. The number of nitrogens with two attached hydrogens (primary N) is 1. The molecule has 116 valence electrons. The van der Waals surface area contributed by atoms with Crippen molar-refractivity contribution in [2.45, 2.75) is 4.90 Å². The molecule has 0 spiro atoms. The lowest BCUT2D eigenvalue weighted by atomic mass is 10.3. The molecule has 0 saturated carbocycles. The van der Waals surface area contributed by atoms with Gasteiger partial charge >= 0.3 is 5.69 Å². The average molecular weight is 324 g/mol. The maximum atomic E-state index is 11.5. The highest BCUT2D eigenvalue weighted by Crippen LogP contribution is 2.39. The SMILES string of the molecule is COc1c(Oc2ccccc2[N+](=O)[O-])cccc1S(N)(=O)=O.